The number of rotatable bonds is 2. The zero-order valence-electron chi connectivity index (χ0n) is 11.0. The molecule has 3 aromatic rings. The van der Waals surface area contributed by atoms with Crippen LogP contribution >= 0.6 is 0 Å². The van der Waals surface area contributed by atoms with Crippen molar-refractivity contribution >= 4 is 5.65 Å². The fourth-order valence-corrected chi connectivity index (χ4v) is 2.28. The van der Waals surface area contributed by atoms with Crippen molar-refractivity contribution < 1.29 is 5.11 Å². The zero-order chi connectivity index (χ0) is 14.1. The quantitative estimate of drug-likeness (QED) is 0.773. The van der Waals surface area contributed by atoms with E-state index in [-0.39, 0.29) is 6.61 Å². The molecule has 4 heteroatoms. The average molecular weight is 263 g/mol. The molecule has 4 nitrogen and oxygen atoms in total. The third-order valence-electron chi connectivity index (χ3n) is 3.30. The van der Waals surface area contributed by atoms with Gasteiger partial charge in [0.05, 0.1) is 29.6 Å². The van der Waals surface area contributed by atoms with Gasteiger partial charge in [0.25, 0.3) is 0 Å². The van der Waals surface area contributed by atoms with Crippen molar-refractivity contribution in [1.29, 1.82) is 5.26 Å². The molecular formula is C16H13N3O. The zero-order valence-corrected chi connectivity index (χ0v) is 11.0. The molecule has 0 unspecified atom stereocenters. The van der Waals surface area contributed by atoms with Gasteiger partial charge in [0, 0.05) is 11.8 Å². The first-order chi connectivity index (χ1) is 9.72. The Morgan fingerprint density at radius 2 is 1.95 bits per heavy atom. The molecule has 20 heavy (non-hydrogen) atoms. The Kier molecular flexibility index (Phi) is 2.97. The van der Waals surface area contributed by atoms with E-state index in [1.165, 1.54) is 0 Å². The molecule has 3 rings (SSSR count). The second-order valence-corrected chi connectivity index (χ2v) is 4.69. The minimum atomic E-state index is -0.0834. The molecule has 98 valence electrons. The van der Waals surface area contributed by atoms with Gasteiger partial charge in [0.15, 0.2) is 0 Å². The van der Waals surface area contributed by atoms with Crippen LogP contribution in [0.2, 0.25) is 0 Å². The largest absolute Gasteiger partial charge is 0.390 e. The lowest BCUT2D eigenvalue weighted by atomic mass is 10.1. The molecule has 0 aliphatic rings. The minimum Gasteiger partial charge on any atom is -0.390 e. The van der Waals surface area contributed by atoms with Crippen LogP contribution in [0.15, 0.2) is 42.6 Å². The summed E-state index contributed by atoms with van der Waals surface area (Å²) in [5.74, 6) is 0. The SMILES string of the molecule is Cc1ccc2nc(-c3ccc(C#N)cc3)c(CO)n2c1. The Morgan fingerprint density at radius 1 is 1.20 bits per heavy atom. The lowest BCUT2D eigenvalue weighted by Gasteiger charge is -2.02. The van der Waals surface area contributed by atoms with E-state index >= 15 is 0 Å². The highest BCUT2D eigenvalue weighted by molar-refractivity contribution is 5.67. The highest BCUT2D eigenvalue weighted by Gasteiger charge is 2.13. The van der Waals surface area contributed by atoms with E-state index < -0.39 is 0 Å². The van der Waals surface area contributed by atoms with Gasteiger partial charge in [0.2, 0.25) is 0 Å². The van der Waals surface area contributed by atoms with Crippen LogP contribution in [0.1, 0.15) is 16.8 Å². The van der Waals surface area contributed by atoms with Gasteiger partial charge in [-0.25, -0.2) is 4.98 Å². The van der Waals surface area contributed by atoms with Crippen molar-refractivity contribution in [2.45, 2.75) is 13.5 Å². The molecule has 1 aromatic carbocycles. The maximum Gasteiger partial charge on any atom is 0.137 e. The number of nitrogens with zero attached hydrogens (tertiary/aromatic N) is 3. The molecule has 2 aromatic heterocycles. The maximum atomic E-state index is 9.65. The normalized spacial score (nSPS) is 10.7. The lowest BCUT2D eigenvalue weighted by Crippen LogP contribution is -1.94. The van der Waals surface area contributed by atoms with Gasteiger partial charge in [0.1, 0.15) is 5.65 Å². The number of aryl methyl sites for hydroxylation is 1. The highest BCUT2D eigenvalue weighted by atomic mass is 16.3. The second kappa shape index (κ2) is 4.80. The van der Waals surface area contributed by atoms with Gasteiger partial charge in [-0.1, -0.05) is 18.2 Å². The summed E-state index contributed by atoms with van der Waals surface area (Å²) in [6.07, 6.45) is 1.96. The minimum absolute atomic E-state index is 0.0834. The van der Waals surface area contributed by atoms with Crippen molar-refractivity contribution in [2.75, 3.05) is 0 Å². The van der Waals surface area contributed by atoms with Gasteiger partial charge in [-0.15, -0.1) is 0 Å². The molecule has 0 aliphatic heterocycles. The second-order valence-electron chi connectivity index (χ2n) is 4.69. The van der Waals surface area contributed by atoms with E-state index in [0.717, 1.165) is 28.2 Å². The van der Waals surface area contributed by atoms with Crippen molar-refractivity contribution in [3.8, 4) is 17.3 Å². The predicted molar refractivity (Wildman–Crippen MR) is 76.0 cm³/mol. The summed E-state index contributed by atoms with van der Waals surface area (Å²) in [5, 5.41) is 18.5. The summed E-state index contributed by atoms with van der Waals surface area (Å²) < 4.78 is 1.91. The van der Waals surface area contributed by atoms with E-state index in [1.54, 1.807) is 12.1 Å². The van der Waals surface area contributed by atoms with Crippen molar-refractivity contribution in [1.82, 2.24) is 9.38 Å². The lowest BCUT2D eigenvalue weighted by molar-refractivity contribution is 0.276. The highest BCUT2D eigenvalue weighted by Crippen LogP contribution is 2.25. The molecule has 0 bridgehead atoms. The molecule has 0 atom stereocenters. The molecule has 0 spiro atoms. The Morgan fingerprint density at radius 3 is 2.60 bits per heavy atom. The van der Waals surface area contributed by atoms with E-state index in [9.17, 15) is 5.11 Å². The Balaban J connectivity index is 2.22. The molecule has 0 saturated carbocycles. The molecule has 0 amide bonds. The Bertz CT molecular complexity index is 810. The molecule has 0 radical (unpaired) electrons. The first kappa shape index (κ1) is 12.4. The number of imidazole rings is 1. The number of pyridine rings is 1. The van der Waals surface area contributed by atoms with Crippen LogP contribution in [0.4, 0.5) is 0 Å². The molecule has 0 aliphatic carbocycles. The van der Waals surface area contributed by atoms with E-state index in [4.69, 9.17) is 5.26 Å². The van der Waals surface area contributed by atoms with Crippen molar-refractivity contribution in [3.05, 3.63) is 59.4 Å². The van der Waals surface area contributed by atoms with Crippen LogP contribution < -0.4 is 0 Å². The van der Waals surface area contributed by atoms with Crippen LogP contribution in [-0.2, 0) is 6.61 Å². The summed E-state index contributed by atoms with van der Waals surface area (Å²) in [6.45, 7) is 1.92. The van der Waals surface area contributed by atoms with Crippen LogP contribution in [0.25, 0.3) is 16.9 Å². The van der Waals surface area contributed by atoms with Gasteiger partial charge >= 0.3 is 0 Å². The number of hydrogen-bond donors (Lipinski definition) is 1. The topological polar surface area (TPSA) is 61.3 Å². The molecule has 2 heterocycles. The van der Waals surface area contributed by atoms with Gasteiger partial charge in [-0.2, -0.15) is 5.26 Å². The number of aliphatic hydroxyl groups is 1. The van der Waals surface area contributed by atoms with E-state index in [0.29, 0.717) is 5.56 Å². The van der Waals surface area contributed by atoms with Crippen molar-refractivity contribution in [2.24, 2.45) is 0 Å². The van der Waals surface area contributed by atoms with Crippen LogP contribution in [0, 0.1) is 18.3 Å². The number of hydrogen-bond acceptors (Lipinski definition) is 3. The third-order valence-corrected chi connectivity index (χ3v) is 3.30. The fraction of sp³-hybridized carbons (Fsp3) is 0.125. The number of benzene rings is 1. The predicted octanol–water partition coefficient (Wildman–Crippen LogP) is 2.67. The van der Waals surface area contributed by atoms with Crippen molar-refractivity contribution in [3.63, 3.8) is 0 Å². The molecule has 1 N–H and O–H groups in total. The van der Waals surface area contributed by atoms with Crippen LogP contribution in [0.3, 0.4) is 0 Å². The van der Waals surface area contributed by atoms with Gasteiger partial charge in [-0.05, 0) is 30.7 Å². The smallest absolute Gasteiger partial charge is 0.137 e. The summed E-state index contributed by atoms with van der Waals surface area (Å²) in [7, 11) is 0. The molecular weight excluding hydrogens is 250 g/mol. The monoisotopic (exact) mass is 263 g/mol. The van der Waals surface area contributed by atoms with Crippen LogP contribution in [-0.4, -0.2) is 14.5 Å². The van der Waals surface area contributed by atoms with Crippen LogP contribution in [0.5, 0.6) is 0 Å². The third kappa shape index (κ3) is 1.94. The number of aliphatic hydroxyl groups excluding tert-OH is 1. The summed E-state index contributed by atoms with van der Waals surface area (Å²) in [6, 6.07) is 13.2. The number of nitriles is 1. The number of fused-ring (bicyclic) bond motifs is 1. The van der Waals surface area contributed by atoms with Gasteiger partial charge in [-0.3, -0.25) is 0 Å². The molecule has 0 saturated heterocycles. The summed E-state index contributed by atoms with van der Waals surface area (Å²) >= 11 is 0. The van der Waals surface area contributed by atoms with Gasteiger partial charge < -0.3 is 9.51 Å². The average Bonchev–Trinajstić information content (AvgIpc) is 2.85. The van der Waals surface area contributed by atoms with E-state index in [1.807, 2.05) is 41.8 Å². The summed E-state index contributed by atoms with van der Waals surface area (Å²) in [4.78, 5) is 4.57. The standard InChI is InChI=1S/C16H13N3O/c1-11-2-7-15-18-16(14(10-20)19(15)9-11)13-5-3-12(8-17)4-6-13/h2-7,9,20H,10H2,1H3. The Hall–Kier alpha value is -2.64. The summed E-state index contributed by atoms with van der Waals surface area (Å²) in [5.41, 5.74) is 4.93. The first-order valence-electron chi connectivity index (χ1n) is 6.32. The number of aromatic nitrogens is 2. The Labute approximate surface area is 116 Å². The fourth-order valence-electron chi connectivity index (χ4n) is 2.28. The van der Waals surface area contributed by atoms with E-state index in [2.05, 4.69) is 11.1 Å². The first-order valence-corrected chi connectivity index (χ1v) is 6.32. The maximum absolute atomic E-state index is 9.65. The molecule has 0 fully saturated rings.